The Balaban J connectivity index is 1.24. The summed E-state index contributed by atoms with van der Waals surface area (Å²) in [5.41, 5.74) is 3.86. The third-order valence-corrected chi connectivity index (χ3v) is 6.35. The lowest BCUT2D eigenvalue weighted by atomic mass is 10.1. The quantitative estimate of drug-likeness (QED) is 0.343. The molecule has 3 heterocycles. The van der Waals surface area contributed by atoms with Gasteiger partial charge in [-0.3, -0.25) is 9.36 Å². The zero-order chi connectivity index (χ0) is 23.9. The van der Waals surface area contributed by atoms with Gasteiger partial charge in [0.15, 0.2) is 0 Å². The van der Waals surface area contributed by atoms with Crippen LogP contribution in [0.5, 0.6) is 0 Å². The summed E-state index contributed by atoms with van der Waals surface area (Å²) in [7, 11) is 0. The zero-order valence-electron chi connectivity index (χ0n) is 19.9. The lowest BCUT2D eigenvalue weighted by Crippen LogP contribution is -2.29. The van der Waals surface area contributed by atoms with Crippen molar-refractivity contribution >= 4 is 28.4 Å². The standard InChI is InChI=1S/C28H31N5O2/c34-26-15-10-23-20-29-28(30-24-11-13-25(14-12-24)32-16-5-2-6-17-32)31-27(23)33(26)18-7-19-35-21-22-8-3-1-4-9-22/h1,3-4,8-15,20H,2,5-7,16-19,21H2,(H,29,30,31). The molecular weight excluding hydrogens is 438 g/mol. The summed E-state index contributed by atoms with van der Waals surface area (Å²) in [6.45, 7) is 3.91. The van der Waals surface area contributed by atoms with E-state index in [0.29, 0.717) is 31.4 Å². The molecule has 1 fully saturated rings. The van der Waals surface area contributed by atoms with Gasteiger partial charge >= 0.3 is 0 Å². The molecule has 0 radical (unpaired) electrons. The van der Waals surface area contributed by atoms with E-state index >= 15 is 0 Å². The van der Waals surface area contributed by atoms with E-state index in [2.05, 4.69) is 44.5 Å². The second-order valence-corrected chi connectivity index (χ2v) is 8.91. The first kappa shape index (κ1) is 23.1. The Morgan fingerprint density at radius 1 is 0.914 bits per heavy atom. The van der Waals surface area contributed by atoms with E-state index in [1.165, 1.54) is 24.9 Å². The highest BCUT2D eigenvalue weighted by Crippen LogP contribution is 2.23. The van der Waals surface area contributed by atoms with E-state index in [1.54, 1.807) is 22.9 Å². The number of benzene rings is 2. The van der Waals surface area contributed by atoms with Crippen molar-refractivity contribution in [2.75, 3.05) is 29.9 Å². The number of nitrogens with zero attached hydrogens (tertiary/aromatic N) is 4. The molecule has 0 spiro atoms. The molecule has 1 aliphatic heterocycles. The highest BCUT2D eigenvalue weighted by atomic mass is 16.5. The van der Waals surface area contributed by atoms with Crippen molar-refractivity contribution in [3.63, 3.8) is 0 Å². The molecule has 1 N–H and O–H groups in total. The van der Waals surface area contributed by atoms with Gasteiger partial charge in [0.05, 0.1) is 6.61 Å². The summed E-state index contributed by atoms with van der Waals surface area (Å²) in [6, 6.07) is 21.8. The summed E-state index contributed by atoms with van der Waals surface area (Å²) >= 11 is 0. The van der Waals surface area contributed by atoms with E-state index in [9.17, 15) is 4.79 Å². The molecule has 0 aliphatic carbocycles. The minimum Gasteiger partial charge on any atom is -0.377 e. The molecule has 0 atom stereocenters. The third kappa shape index (κ3) is 5.87. The number of pyridine rings is 1. The number of anilines is 3. The SMILES string of the molecule is O=c1ccc2cnc(Nc3ccc(N4CCCCC4)cc3)nc2n1CCCOCc1ccccc1. The van der Waals surface area contributed by atoms with E-state index < -0.39 is 0 Å². The van der Waals surface area contributed by atoms with Crippen molar-refractivity contribution in [1.29, 1.82) is 0 Å². The van der Waals surface area contributed by atoms with E-state index in [1.807, 2.05) is 30.3 Å². The number of ether oxygens (including phenoxy) is 1. The first-order valence-electron chi connectivity index (χ1n) is 12.4. The average Bonchev–Trinajstić information content (AvgIpc) is 2.91. The molecule has 1 saturated heterocycles. The lowest BCUT2D eigenvalue weighted by Gasteiger charge is -2.28. The molecule has 1 aliphatic rings. The first-order valence-corrected chi connectivity index (χ1v) is 12.4. The molecule has 0 saturated carbocycles. The topological polar surface area (TPSA) is 72.3 Å². The maximum Gasteiger partial charge on any atom is 0.252 e. The van der Waals surface area contributed by atoms with Crippen LogP contribution >= 0.6 is 0 Å². The number of fused-ring (bicyclic) bond motifs is 1. The number of aromatic nitrogens is 3. The Labute approximate surface area is 205 Å². The molecule has 0 unspecified atom stereocenters. The molecule has 7 nitrogen and oxygen atoms in total. The van der Waals surface area contributed by atoms with Crippen LogP contribution in [0.25, 0.3) is 11.0 Å². The van der Waals surface area contributed by atoms with Gasteiger partial charge in [-0.1, -0.05) is 30.3 Å². The molecule has 0 bridgehead atoms. The smallest absolute Gasteiger partial charge is 0.252 e. The zero-order valence-corrected chi connectivity index (χ0v) is 19.9. The second-order valence-electron chi connectivity index (χ2n) is 8.91. The van der Waals surface area contributed by atoms with E-state index in [-0.39, 0.29) is 5.56 Å². The summed E-state index contributed by atoms with van der Waals surface area (Å²) in [5, 5.41) is 4.12. The maximum atomic E-state index is 12.6. The van der Waals surface area contributed by atoms with Crippen LogP contribution in [0.4, 0.5) is 17.3 Å². The predicted octanol–water partition coefficient (Wildman–Crippen LogP) is 5.13. The van der Waals surface area contributed by atoms with Crippen LogP contribution in [0.15, 0.2) is 77.7 Å². The number of nitrogens with one attached hydrogen (secondary N) is 1. The molecule has 7 heteroatoms. The normalized spacial score (nSPS) is 13.8. The highest BCUT2D eigenvalue weighted by Gasteiger charge is 2.11. The van der Waals surface area contributed by atoms with Crippen molar-refractivity contribution in [2.24, 2.45) is 0 Å². The predicted molar refractivity (Wildman–Crippen MR) is 140 cm³/mol. The summed E-state index contributed by atoms with van der Waals surface area (Å²) < 4.78 is 7.49. The molecular formula is C28H31N5O2. The van der Waals surface area contributed by atoms with Crippen LogP contribution in [0, 0.1) is 0 Å². The van der Waals surface area contributed by atoms with Crippen LogP contribution in [0.3, 0.4) is 0 Å². The summed E-state index contributed by atoms with van der Waals surface area (Å²) in [5.74, 6) is 0.475. The summed E-state index contributed by atoms with van der Waals surface area (Å²) in [6.07, 6.45) is 6.31. The Bertz CT molecular complexity index is 1300. The van der Waals surface area contributed by atoms with Crippen molar-refractivity contribution in [2.45, 2.75) is 38.8 Å². The third-order valence-electron chi connectivity index (χ3n) is 6.35. The molecule has 35 heavy (non-hydrogen) atoms. The van der Waals surface area contributed by atoms with Crippen molar-refractivity contribution < 1.29 is 4.74 Å². The number of hydrogen-bond acceptors (Lipinski definition) is 6. The van der Waals surface area contributed by atoms with Crippen LogP contribution in [-0.2, 0) is 17.9 Å². The summed E-state index contributed by atoms with van der Waals surface area (Å²) in [4.78, 5) is 24.2. The fraction of sp³-hybridized carbons (Fsp3) is 0.321. The number of rotatable bonds is 9. The number of piperidine rings is 1. The minimum atomic E-state index is -0.0731. The van der Waals surface area contributed by atoms with Crippen molar-refractivity contribution in [1.82, 2.24) is 14.5 Å². The molecule has 0 amide bonds. The molecule has 180 valence electrons. The minimum absolute atomic E-state index is 0.0731. The van der Waals surface area contributed by atoms with Gasteiger partial charge in [0.25, 0.3) is 5.56 Å². The van der Waals surface area contributed by atoms with Crippen LogP contribution in [-0.4, -0.2) is 34.2 Å². The lowest BCUT2D eigenvalue weighted by molar-refractivity contribution is 0.115. The van der Waals surface area contributed by atoms with Gasteiger partial charge in [0.2, 0.25) is 5.95 Å². The van der Waals surface area contributed by atoms with Gasteiger partial charge in [0, 0.05) is 55.3 Å². The highest BCUT2D eigenvalue weighted by molar-refractivity contribution is 5.75. The Morgan fingerprint density at radius 2 is 1.71 bits per heavy atom. The van der Waals surface area contributed by atoms with E-state index in [0.717, 1.165) is 36.1 Å². The first-order chi connectivity index (χ1) is 17.3. The molecule has 2 aromatic carbocycles. The molecule has 5 rings (SSSR count). The van der Waals surface area contributed by atoms with Gasteiger partial charge in [-0.2, -0.15) is 4.98 Å². The molecule has 2 aromatic heterocycles. The van der Waals surface area contributed by atoms with Gasteiger partial charge in [0.1, 0.15) is 5.65 Å². The fourth-order valence-electron chi connectivity index (χ4n) is 4.47. The number of hydrogen-bond donors (Lipinski definition) is 1. The monoisotopic (exact) mass is 469 g/mol. The Kier molecular flexibility index (Phi) is 7.34. The Morgan fingerprint density at radius 3 is 2.51 bits per heavy atom. The van der Waals surface area contributed by atoms with Crippen molar-refractivity contribution in [3.8, 4) is 0 Å². The largest absolute Gasteiger partial charge is 0.377 e. The van der Waals surface area contributed by atoms with Gasteiger partial charge in [-0.25, -0.2) is 4.98 Å². The second kappa shape index (κ2) is 11.1. The van der Waals surface area contributed by atoms with Crippen LogP contribution in [0.1, 0.15) is 31.2 Å². The van der Waals surface area contributed by atoms with Crippen molar-refractivity contribution in [3.05, 3.63) is 88.8 Å². The fourth-order valence-corrected chi connectivity index (χ4v) is 4.47. The van der Waals surface area contributed by atoms with Crippen LogP contribution < -0.4 is 15.8 Å². The molecule has 4 aromatic rings. The van der Waals surface area contributed by atoms with Gasteiger partial charge in [-0.15, -0.1) is 0 Å². The van der Waals surface area contributed by atoms with Crippen LogP contribution in [0.2, 0.25) is 0 Å². The van der Waals surface area contributed by atoms with Gasteiger partial charge in [-0.05, 0) is 61.6 Å². The average molecular weight is 470 g/mol. The Hall–Kier alpha value is -3.71. The maximum absolute atomic E-state index is 12.6. The van der Waals surface area contributed by atoms with Gasteiger partial charge < -0.3 is 15.0 Å². The number of aryl methyl sites for hydroxylation is 1. The van der Waals surface area contributed by atoms with E-state index in [4.69, 9.17) is 4.74 Å².